The lowest BCUT2D eigenvalue weighted by Crippen LogP contribution is -2.43. The van der Waals surface area contributed by atoms with Crippen molar-refractivity contribution in [1.29, 1.82) is 0 Å². The van der Waals surface area contributed by atoms with Gasteiger partial charge in [0.2, 0.25) is 5.91 Å². The molecule has 1 aromatic heterocycles. The third-order valence-corrected chi connectivity index (χ3v) is 4.76. The molecule has 0 unspecified atom stereocenters. The standard InChI is InChI=1S/C16H22N2O5S/c1-10(2)7-17-14(20)8-23-16(21)12-9-24-15(18(12)11(3)19)13-5-4-6-22-13/h4-6,10,12,15H,7-9H2,1-3H3,(H,17,20)/t12-,15-/m0/s1. The molecule has 0 spiro atoms. The van der Waals surface area contributed by atoms with Gasteiger partial charge in [-0.15, -0.1) is 11.8 Å². The number of nitrogens with one attached hydrogen (secondary N) is 1. The van der Waals surface area contributed by atoms with Crippen LogP contribution in [0.25, 0.3) is 0 Å². The summed E-state index contributed by atoms with van der Waals surface area (Å²) in [6, 6.07) is 2.78. The Bertz CT molecular complexity index is 587. The van der Waals surface area contributed by atoms with Crippen LogP contribution < -0.4 is 5.32 Å². The summed E-state index contributed by atoms with van der Waals surface area (Å²) in [6.07, 6.45) is 1.53. The average molecular weight is 354 g/mol. The summed E-state index contributed by atoms with van der Waals surface area (Å²) in [5.74, 6) is 0.161. The summed E-state index contributed by atoms with van der Waals surface area (Å²) in [4.78, 5) is 37.3. The first kappa shape index (κ1) is 18.4. The van der Waals surface area contributed by atoms with Gasteiger partial charge in [0.1, 0.15) is 17.2 Å². The summed E-state index contributed by atoms with van der Waals surface area (Å²) < 4.78 is 10.4. The van der Waals surface area contributed by atoms with Crippen molar-refractivity contribution in [1.82, 2.24) is 10.2 Å². The van der Waals surface area contributed by atoms with Crippen LogP contribution in [0.4, 0.5) is 0 Å². The number of rotatable bonds is 6. The molecule has 1 saturated heterocycles. The van der Waals surface area contributed by atoms with Gasteiger partial charge < -0.3 is 19.4 Å². The summed E-state index contributed by atoms with van der Waals surface area (Å²) in [5, 5.41) is 2.32. The van der Waals surface area contributed by atoms with Crippen molar-refractivity contribution in [3.05, 3.63) is 24.2 Å². The molecule has 0 radical (unpaired) electrons. The minimum absolute atomic E-state index is 0.243. The van der Waals surface area contributed by atoms with E-state index in [1.807, 2.05) is 13.8 Å². The van der Waals surface area contributed by atoms with Gasteiger partial charge in [-0.05, 0) is 18.1 Å². The Kier molecular flexibility index (Phi) is 6.30. The molecule has 8 heteroatoms. The molecule has 2 rings (SSSR count). The molecule has 7 nitrogen and oxygen atoms in total. The van der Waals surface area contributed by atoms with Gasteiger partial charge in [0, 0.05) is 19.2 Å². The van der Waals surface area contributed by atoms with Crippen molar-refractivity contribution in [2.24, 2.45) is 5.92 Å². The maximum absolute atomic E-state index is 12.3. The number of ether oxygens (including phenoxy) is 1. The predicted octanol–water partition coefficient (Wildman–Crippen LogP) is 1.56. The van der Waals surface area contributed by atoms with Gasteiger partial charge in [-0.3, -0.25) is 9.59 Å². The fraction of sp³-hybridized carbons (Fsp3) is 0.562. The highest BCUT2D eigenvalue weighted by Crippen LogP contribution is 2.41. The molecule has 1 fully saturated rings. The van der Waals surface area contributed by atoms with Crippen LogP contribution in [0, 0.1) is 5.92 Å². The Labute approximate surface area is 145 Å². The quantitative estimate of drug-likeness (QED) is 0.780. The first-order chi connectivity index (χ1) is 11.4. The molecule has 24 heavy (non-hydrogen) atoms. The second kappa shape index (κ2) is 8.23. The summed E-state index contributed by atoms with van der Waals surface area (Å²) in [5.41, 5.74) is 0. The fourth-order valence-electron chi connectivity index (χ4n) is 2.33. The number of amides is 2. The first-order valence-corrected chi connectivity index (χ1v) is 8.82. The van der Waals surface area contributed by atoms with E-state index in [9.17, 15) is 14.4 Å². The molecule has 132 valence electrons. The smallest absolute Gasteiger partial charge is 0.330 e. The normalized spacial score (nSPS) is 20.2. The number of carbonyl (C=O) groups excluding carboxylic acids is 3. The molecule has 2 amide bonds. The molecule has 0 bridgehead atoms. The molecule has 1 aliphatic heterocycles. The molecule has 1 aliphatic rings. The van der Waals surface area contributed by atoms with Gasteiger partial charge in [0.15, 0.2) is 6.61 Å². The predicted molar refractivity (Wildman–Crippen MR) is 89.0 cm³/mol. The van der Waals surface area contributed by atoms with Crippen molar-refractivity contribution in [3.8, 4) is 0 Å². The Balaban J connectivity index is 1.94. The van der Waals surface area contributed by atoms with Crippen molar-refractivity contribution < 1.29 is 23.5 Å². The van der Waals surface area contributed by atoms with Crippen LogP contribution in [-0.2, 0) is 19.1 Å². The van der Waals surface area contributed by atoms with E-state index >= 15 is 0 Å². The van der Waals surface area contributed by atoms with E-state index < -0.39 is 12.0 Å². The molecule has 2 atom stereocenters. The van der Waals surface area contributed by atoms with Crippen molar-refractivity contribution in [2.45, 2.75) is 32.2 Å². The Hall–Kier alpha value is -1.96. The Morgan fingerprint density at radius 1 is 1.46 bits per heavy atom. The lowest BCUT2D eigenvalue weighted by atomic mass is 10.2. The number of nitrogens with zero attached hydrogens (tertiary/aromatic N) is 1. The van der Waals surface area contributed by atoms with E-state index in [1.54, 1.807) is 12.1 Å². The van der Waals surface area contributed by atoms with E-state index in [1.165, 1.54) is 29.8 Å². The Morgan fingerprint density at radius 3 is 2.79 bits per heavy atom. The van der Waals surface area contributed by atoms with Gasteiger partial charge in [-0.2, -0.15) is 0 Å². The Morgan fingerprint density at radius 2 is 2.21 bits per heavy atom. The number of carbonyl (C=O) groups is 3. The highest BCUT2D eigenvalue weighted by atomic mass is 32.2. The molecule has 0 aliphatic carbocycles. The van der Waals surface area contributed by atoms with E-state index in [-0.39, 0.29) is 23.8 Å². The lowest BCUT2D eigenvalue weighted by Gasteiger charge is -2.25. The van der Waals surface area contributed by atoms with Crippen molar-refractivity contribution in [2.75, 3.05) is 18.9 Å². The molecule has 0 saturated carbocycles. The maximum Gasteiger partial charge on any atom is 0.330 e. The van der Waals surface area contributed by atoms with Gasteiger partial charge in [-0.25, -0.2) is 4.79 Å². The van der Waals surface area contributed by atoms with E-state index in [4.69, 9.17) is 9.15 Å². The third-order valence-electron chi connectivity index (χ3n) is 3.48. The average Bonchev–Trinajstić information content (AvgIpc) is 3.18. The molecule has 0 aromatic carbocycles. The van der Waals surface area contributed by atoms with Crippen molar-refractivity contribution >= 4 is 29.5 Å². The van der Waals surface area contributed by atoms with Crippen LogP contribution >= 0.6 is 11.8 Å². The highest BCUT2D eigenvalue weighted by Gasteiger charge is 2.43. The largest absolute Gasteiger partial charge is 0.466 e. The SMILES string of the molecule is CC(=O)N1[C@H](C(=O)OCC(=O)NCC(C)C)CS[C@H]1c1ccco1. The van der Waals surface area contributed by atoms with E-state index in [2.05, 4.69) is 5.32 Å². The second-order valence-electron chi connectivity index (χ2n) is 5.95. The third kappa shape index (κ3) is 4.53. The number of furan rings is 1. The zero-order valence-corrected chi connectivity index (χ0v) is 14.8. The van der Waals surface area contributed by atoms with Crippen LogP contribution in [0.3, 0.4) is 0 Å². The first-order valence-electron chi connectivity index (χ1n) is 7.77. The fourth-order valence-corrected chi connectivity index (χ4v) is 3.74. The van der Waals surface area contributed by atoms with Crippen LogP contribution in [0.5, 0.6) is 0 Å². The highest BCUT2D eigenvalue weighted by molar-refractivity contribution is 7.99. The summed E-state index contributed by atoms with van der Waals surface area (Å²) in [7, 11) is 0. The van der Waals surface area contributed by atoms with E-state index in [0.29, 0.717) is 24.0 Å². The monoisotopic (exact) mass is 354 g/mol. The van der Waals surface area contributed by atoms with Gasteiger partial charge >= 0.3 is 5.97 Å². The summed E-state index contributed by atoms with van der Waals surface area (Å²) >= 11 is 1.43. The summed E-state index contributed by atoms with van der Waals surface area (Å²) in [6.45, 7) is 5.53. The number of thioether (sulfide) groups is 1. The maximum atomic E-state index is 12.3. The number of hydrogen-bond donors (Lipinski definition) is 1. The molecular weight excluding hydrogens is 332 g/mol. The van der Waals surface area contributed by atoms with Gasteiger partial charge in [0.05, 0.1) is 6.26 Å². The zero-order chi connectivity index (χ0) is 17.7. The number of esters is 1. The molecule has 1 N–H and O–H groups in total. The zero-order valence-electron chi connectivity index (χ0n) is 14.0. The van der Waals surface area contributed by atoms with Crippen LogP contribution in [0.2, 0.25) is 0 Å². The minimum Gasteiger partial charge on any atom is -0.466 e. The van der Waals surface area contributed by atoms with Crippen LogP contribution in [0.15, 0.2) is 22.8 Å². The van der Waals surface area contributed by atoms with Crippen LogP contribution in [0.1, 0.15) is 31.9 Å². The lowest BCUT2D eigenvalue weighted by molar-refractivity contribution is -0.156. The minimum atomic E-state index is -0.722. The van der Waals surface area contributed by atoms with Crippen molar-refractivity contribution in [3.63, 3.8) is 0 Å². The van der Waals surface area contributed by atoms with E-state index in [0.717, 1.165) is 0 Å². The topological polar surface area (TPSA) is 88.8 Å². The van der Waals surface area contributed by atoms with Crippen LogP contribution in [-0.4, -0.2) is 47.6 Å². The van der Waals surface area contributed by atoms with Gasteiger partial charge in [-0.1, -0.05) is 13.8 Å². The number of hydrogen-bond acceptors (Lipinski definition) is 6. The molecule has 1 aromatic rings. The molecule has 2 heterocycles. The molecular formula is C16H22N2O5S. The van der Waals surface area contributed by atoms with Gasteiger partial charge in [0.25, 0.3) is 5.91 Å². The second-order valence-corrected chi connectivity index (χ2v) is 7.06.